The zero-order valence-electron chi connectivity index (χ0n) is 12.1. The van der Waals surface area contributed by atoms with Crippen molar-refractivity contribution in [3.63, 3.8) is 0 Å². The number of rotatable bonds is 8. The van der Waals surface area contributed by atoms with Crippen LogP contribution in [0.1, 0.15) is 38.2 Å². The first kappa shape index (κ1) is 18.1. The van der Waals surface area contributed by atoms with Crippen molar-refractivity contribution in [3.05, 3.63) is 47.3 Å². The van der Waals surface area contributed by atoms with E-state index in [4.69, 9.17) is 4.84 Å². The van der Waals surface area contributed by atoms with E-state index < -0.39 is 41.3 Å². The Labute approximate surface area is 125 Å². The van der Waals surface area contributed by atoms with Gasteiger partial charge in [-0.3, -0.25) is 0 Å². The summed E-state index contributed by atoms with van der Waals surface area (Å²) in [6.07, 6.45) is 4.75. The fraction of sp³-hybridized carbons (Fsp3) is 0.400. The summed E-state index contributed by atoms with van der Waals surface area (Å²) < 4.78 is 65.6. The van der Waals surface area contributed by atoms with Crippen LogP contribution in [-0.2, 0) is 11.4 Å². The lowest BCUT2D eigenvalue weighted by Crippen LogP contribution is -2.08. The first-order chi connectivity index (χ1) is 10.4. The van der Waals surface area contributed by atoms with Crippen LogP contribution in [0.3, 0.4) is 0 Å². The van der Waals surface area contributed by atoms with E-state index in [0.717, 1.165) is 19.3 Å². The zero-order valence-corrected chi connectivity index (χ0v) is 12.1. The van der Waals surface area contributed by atoms with Gasteiger partial charge in [0.25, 0.3) is 0 Å². The molecule has 1 aromatic rings. The van der Waals surface area contributed by atoms with Gasteiger partial charge in [0, 0.05) is 0 Å². The van der Waals surface area contributed by atoms with Gasteiger partial charge in [0.05, 0.1) is 11.3 Å². The molecule has 0 heterocycles. The van der Waals surface area contributed by atoms with E-state index in [1.54, 1.807) is 0 Å². The average molecular weight is 321 g/mol. The topological polar surface area (TPSA) is 21.6 Å². The van der Waals surface area contributed by atoms with Gasteiger partial charge >= 0.3 is 0 Å². The number of oxime groups is 1. The summed E-state index contributed by atoms with van der Waals surface area (Å²) in [5, 5.41) is 3.60. The Balaban J connectivity index is 2.82. The highest BCUT2D eigenvalue weighted by Gasteiger charge is 2.25. The lowest BCUT2D eigenvalue weighted by atomic mass is 10.1. The van der Waals surface area contributed by atoms with Crippen LogP contribution in [-0.4, -0.2) is 5.71 Å². The maximum absolute atomic E-state index is 13.4. The van der Waals surface area contributed by atoms with E-state index in [0.29, 0.717) is 12.1 Å². The van der Waals surface area contributed by atoms with Crippen LogP contribution in [0.5, 0.6) is 0 Å². The summed E-state index contributed by atoms with van der Waals surface area (Å²) in [5.41, 5.74) is -0.616. The number of benzene rings is 1. The molecule has 122 valence electrons. The molecule has 0 fully saturated rings. The molecule has 0 amide bonds. The Morgan fingerprint density at radius 2 is 1.55 bits per heavy atom. The molecule has 1 rings (SSSR count). The zero-order chi connectivity index (χ0) is 16.7. The largest absolute Gasteiger partial charge is 0.390 e. The third-order valence-corrected chi connectivity index (χ3v) is 2.96. The molecule has 22 heavy (non-hydrogen) atoms. The van der Waals surface area contributed by atoms with E-state index in [1.807, 2.05) is 6.92 Å². The van der Waals surface area contributed by atoms with E-state index in [9.17, 15) is 22.0 Å². The number of hydrogen-bond acceptors (Lipinski definition) is 2. The third-order valence-electron chi connectivity index (χ3n) is 2.96. The summed E-state index contributed by atoms with van der Waals surface area (Å²) in [5.74, 6) is -10.1. The fourth-order valence-electron chi connectivity index (χ4n) is 1.70. The molecule has 0 spiro atoms. The number of nitrogens with zero attached hydrogens (tertiary/aromatic N) is 1. The lowest BCUT2D eigenvalue weighted by Gasteiger charge is -2.07. The number of allylic oxidation sites excluding steroid dienone is 1. The van der Waals surface area contributed by atoms with Gasteiger partial charge in [-0.2, -0.15) is 0 Å². The van der Waals surface area contributed by atoms with Gasteiger partial charge in [-0.15, -0.1) is 0 Å². The highest BCUT2D eigenvalue weighted by molar-refractivity contribution is 5.93. The monoisotopic (exact) mass is 321 g/mol. The Kier molecular flexibility index (Phi) is 7.01. The number of halogens is 5. The average Bonchev–Trinajstić information content (AvgIpc) is 2.52. The second kappa shape index (κ2) is 8.51. The van der Waals surface area contributed by atoms with Crippen molar-refractivity contribution in [2.45, 2.75) is 39.2 Å². The molecule has 0 N–H and O–H groups in total. The van der Waals surface area contributed by atoms with Crippen molar-refractivity contribution in [2.24, 2.45) is 5.16 Å². The fourth-order valence-corrected chi connectivity index (χ4v) is 1.70. The second-order valence-electron chi connectivity index (χ2n) is 4.57. The van der Waals surface area contributed by atoms with Crippen molar-refractivity contribution in [2.75, 3.05) is 0 Å². The van der Waals surface area contributed by atoms with E-state index in [1.165, 1.54) is 6.08 Å². The van der Waals surface area contributed by atoms with Crippen LogP contribution in [0, 0.1) is 29.1 Å². The molecule has 0 aliphatic rings. The summed E-state index contributed by atoms with van der Waals surface area (Å²) in [7, 11) is 0. The van der Waals surface area contributed by atoms with Gasteiger partial charge in [0.2, 0.25) is 5.82 Å². The van der Waals surface area contributed by atoms with Gasteiger partial charge < -0.3 is 4.84 Å². The van der Waals surface area contributed by atoms with Gasteiger partial charge in [0.15, 0.2) is 23.3 Å². The van der Waals surface area contributed by atoms with Crippen LogP contribution in [0.2, 0.25) is 0 Å². The molecule has 0 aliphatic heterocycles. The van der Waals surface area contributed by atoms with Crippen LogP contribution in [0.25, 0.3) is 0 Å². The molecule has 7 heteroatoms. The van der Waals surface area contributed by atoms with Crippen molar-refractivity contribution >= 4 is 5.71 Å². The molecule has 0 saturated heterocycles. The molecule has 0 atom stereocenters. The van der Waals surface area contributed by atoms with Crippen LogP contribution in [0.4, 0.5) is 22.0 Å². The minimum absolute atomic E-state index is 0.442. The quantitative estimate of drug-likeness (QED) is 0.164. The Morgan fingerprint density at radius 1 is 1.00 bits per heavy atom. The molecule has 0 unspecified atom stereocenters. The van der Waals surface area contributed by atoms with Crippen molar-refractivity contribution < 1.29 is 26.8 Å². The molecule has 0 radical (unpaired) electrons. The van der Waals surface area contributed by atoms with Crippen LogP contribution < -0.4 is 0 Å². The van der Waals surface area contributed by atoms with E-state index >= 15 is 0 Å². The summed E-state index contributed by atoms with van der Waals surface area (Å²) >= 11 is 0. The van der Waals surface area contributed by atoms with Crippen molar-refractivity contribution in [1.82, 2.24) is 0 Å². The molecule has 2 nitrogen and oxygen atoms in total. The van der Waals surface area contributed by atoms with Gasteiger partial charge in [-0.1, -0.05) is 31.5 Å². The Hall–Kier alpha value is -1.92. The predicted molar refractivity (Wildman–Crippen MR) is 72.8 cm³/mol. The standard InChI is InChI=1S/C15H16F5NO/c1-3-5-6-7-9(4-2)21-22-8-10-11(16)13(18)15(20)14(19)12(10)17/h4H,2-3,5-8H2,1H3/b21-9-. The van der Waals surface area contributed by atoms with Gasteiger partial charge in [-0.05, 0) is 18.9 Å². The molecular weight excluding hydrogens is 305 g/mol. The highest BCUT2D eigenvalue weighted by Crippen LogP contribution is 2.23. The minimum atomic E-state index is -2.20. The molecule has 1 aromatic carbocycles. The molecular formula is C15H16F5NO. The first-order valence-electron chi connectivity index (χ1n) is 6.75. The van der Waals surface area contributed by atoms with Crippen molar-refractivity contribution in [1.29, 1.82) is 0 Å². The Bertz CT molecular complexity index is 543. The SMILES string of the molecule is C=C/C(CCCCC)=N/OCc1c(F)c(F)c(F)c(F)c1F. The number of unbranched alkanes of at least 4 members (excludes halogenated alkanes) is 2. The highest BCUT2D eigenvalue weighted by atomic mass is 19.2. The summed E-state index contributed by atoms with van der Waals surface area (Å²) in [6, 6.07) is 0. The first-order valence-corrected chi connectivity index (χ1v) is 6.75. The maximum Gasteiger partial charge on any atom is 0.200 e. The Morgan fingerprint density at radius 3 is 2.05 bits per heavy atom. The molecule has 0 saturated carbocycles. The second-order valence-corrected chi connectivity index (χ2v) is 4.57. The van der Waals surface area contributed by atoms with E-state index in [-0.39, 0.29) is 0 Å². The van der Waals surface area contributed by atoms with Crippen LogP contribution >= 0.6 is 0 Å². The summed E-state index contributed by atoms with van der Waals surface area (Å²) in [4.78, 5) is 4.70. The van der Waals surface area contributed by atoms with Crippen LogP contribution in [0.15, 0.2) is 17.8 Å². The normalized spacial score (nSPS) is 11.6. The summed E-state index contributed by atoms with van der Waals surface area (Å²) in [6.45, 7) is 4.67. The third kappa shape index (κ3) is 4.29. The smallest absolute Gasteiger partial charge is 0.200 e. The predicted octanol–water partition coefficient (Wildman–Crippen LogP) is 5.02. The molecule has 0 aromatic heterocycles. The van der Waals surface area contributed by atoms with E-state index in [2.05, 4.69) is 11.7 Å². The molecule has 0 bridgehead atoms. The van der Waals surface area contributed by atoms with Crippen molar-refractivity contribution in [3.8, 4) is 0 Å². The number of hydrogen-bond donors (Lipinski definition) is 0. The maximum atomic E-state index is 13.4. The minimum Gasteiger partial charge on any atom is -0.390 e. The molecule has 0 aliphatic carbocycles. The van der Waals surface area contributed by atoms with Gasteiger partial charge in [-0.25, -0.2) is 22.0 Å². The lowest BCUT2D eigenvalue weighted by molar-refractivity contribution is 0.122. The van der Waals surface area contributed by atoms with Gasteiger partial charge in [0.1, 0.15) is 6.61 Å².